The van der Waals surface area contributed by atoms with Gasteiger partial charge in [0.15, 0.2) is 0 Å². The third-order valence-electron chi connectivity index (χ3n) is 3.88. The molecule has 3 rings (SSSR count). The Morgan fingerprint density at radius 1 is 0.905 bits per heavy atom. The lowest BCUT2D eigenvalue weighted by Crippen LogP contribution is -2.25. The molecular weight excluding hydrogens is 260 g/mol. The number of hydrogen-bond donors (Lipinski definition) is 0. The lowest BCUT2D eigenvalue weighted by Gasteiger charge is -2.22. The van der Waals surface area contributed by atoms with E-state index in [1.165, 1.54) is 24.0 Å². The van der Waals surface area contributed by atoms with E-state index in [0.29, 0.717) is 6.61 Å². The highest BCUT2D eigenvalue weighted by Gasteiger charge is 2.14. The predicted molar refractivity (Wildman–Crippen MR) is 84.8 cm³/mol. The van der Waals surface area contributed by atoms with Crippen LogP contribution in [-0.2, 0) is 11.2 Å². The van der Waals surface area contributed by atoms with Gasteiger partial charge >= 0.3 is 0 Å². The molecule has 1 atom stereocenters. The Balaban J connectivity index is 1.51. The minimum Gasteiger partial charge on any atom is -0.491 e. The molecule has 0 aromatic heterocycles. The van der Waals surface area contributed by atoms with Crippen molar-refractivity contribution in [1.29, 1.82) is 0 Å². The van der Waals surface area contributed by atoms with E-state index in [0.717, 1.165) is 25.2 Å². The molecule has 2 aromatic rings. The third-order valence-corrected chi connectivity index (χ3v) is 3.88. The fourth-order valence-corrected chi connectivity index (χ4v) is 2.66. The van der Waals surface area contributed by atoms with Crippen molar-refractivity contribution in [1.82, 2.24) is 0 Å². The molecule has 0 saturated carbocycles. The van der Waals surface area contributed by atoms with Crippen LogP contribution in [0.1, 0.15) is 30.4 Å². The van der Waals surface area contributed by atoms with Crippen LogP contribution in [0.5, 0.6) is 5.75 Å². The monoisotopic (exact) mass is 282 g/mol. The largest absolute Gasteiger partial charge is 0.491 e. The quantitative estimate of drug-likeness (QED) is 0.817. The van der Waals surface area contributed by atoms with Crippen molar-refractivity contribution in [3.63, 3.8) is 0 Å². The fraction of sp³-hybridized carbons (Fsp3) is 0.368. The molecule has 0 radical (unpaired) electrons. The zero-order chi connectivity index (χ0) is 14.3. The van der Waals surface area contributed by atoms with E-state index in [2.05, 4.69) is 48.5 Å². The van der Waals surface area contributed by atoms with E-state index in [4.69, 9.17) is 9.47 Å². The van der Waals surface area contributed by atoms with Gasteiger partial charge in [-0.3, -0.25) is 0 Å². The molecule has 1 unspecified atom stereocenters. The second-order valence-electron chi connectivity index (χ2n) is 5.61. The molecule has 110 valence electrons. The van der Waals surface area contributed by atoms with Crippen LogP contribution in [0, 0.1) is 0 Å². The van der Waals surface area contributed by atoms with E-state index in [1.54, 1.807) is 0 Å². The van der Waals surface area contributed by atoms with Crippen molar-refractivity contribution in [3.8, 4) is 5.75 Å². The van der Waals surface area contributed by atoms with E-state index in [1.807, 2.05) is 6.07 Å². The van der Waals surface area contributed by atoms with Crippen LogP contribution in [0.15, 0.2) is 54.6 Å². The highest BCUT2D eigenvalue weighted by molar-refractivity contribution is 5.31. The average Bonchev–Trinajstić information content (AvgIpc) is 2.56. The predicted octanol–water partition coefficient (Wildman–Crippen LogP) is 4.23. The van der Waals surface area contributed by atoms with Gasteiger partial charge in [0.05, 0.1) is 6.10 Å². The first kappa shape index (κ1) is 14.2. The van der Waals surface area contributed by atoms with Crippen molar-refractivity contribution >= 4 is 0 Å². The number of ether oxygens (including phenoxy) is 2. The van der Waals surface area contributed by atoms with Crippen molar-refractivity contribution in [2.24, 2.45) is 0 Å². The summed E-state index contributed by atoms with van der Waals surface area (Å²) >= 11 is 0. The molecule has 0 aliphatic carbocycles. The summed E-state index contributed by atoms with van der Waals surface area (Å²) in [5.74, 6) is 0.931. The Morgan fingerprint density at radius 2 is 1.67 bits per heavy atom. The number of hydrogen-bond acceptors (Lipinski definition) is 2. The minimum absolute atomic E-state index is 0.266. The first-order valence-electron chi connectivity index (χ1n) is 7.77. The Kier molecular flexibility index (Phi) is 4.90. The molecule has 1 aliphatic rings. The van der Waals surface area contributed by atoms with Gasteiger partial charge in [-0.15, -0.1) is 0 Å². The molecule has 2 nitrogen and oxygen atoms in total. The summed E-state index contributed by atoms with van der Waals surface area (Å²) in [5, 5.41) is 0. The summed E-state index contributed by atoms with van der Waals surface area (Å²) < 4.78 is 11.5. The van der Waals surface area contributed by atoms with Gasteiger partial charge in [-0.2, -0.15) is 0 Å². The van der Waals surface area contributed by atoms with Crippen molar-refractivity contribution in [3.05, 3.63) is 65.7 Å². The van der Waals surface area contributed by atoms with Crippen LogP contribution in [0.2, 0.25) is 0 Å². The molecular formula is C19H22O2. The van der Waals surface area contributed by atoms with Crippen LogP contribution in [0.3, 0.4) is 0 Å². The Hall–Kier alpha value is -1.80. The molecule has 1 aliphatic heterocycles. The van der Waals surface area contributed by atoms with Gasteiger partial charge < -0.3 is 9.47 Å². The van der Waals surface area contributed by atoms with Crippen molar-refractivity contribution < 1.29 is 9.47 Å². The first-order valence-corrected chi connectivity index (χ1v) is 7.77. The topological polar surface area (TPSA) is 18.5 Å². The van der Waals surface area contributed by atoms with Crippen LogP contribution < -0.4 is 4.74 Å². The van der Waals surface area contributed by atoms with E-state index < -0.39 is 0 Å². The molecule has 0 spiro atoms. The van der Waals surface area contributed by atoms with Crippen LogP contribution in [0.4, 0.5) is 0 Å². The number of rotatable bonds is 5. The second kappa shape index (κ2) is 7.28. The number of benzene rings is 2. The highest BCUT2D eigenvalue weighted by atomic mass is 16.5. The Labute approximate surface area is 126 Å². The van der Waals surface area contributed by atoms with Gasteiger partial charge in [-0.25, -0.2) is 0 Å². The van der Waals surface area contributed by atoms with Crippen LogP contribution in [-0.4, -0.2) is 19.3 Å². The standard InChI is InChI=1S/C19H22O2/c1-2-6-16(7-3-1)14-17-9-11-18(12-10-17)21-15-19-8-4-5-13-20-19/h1-3,6-7,9-12,19H,4-5,8,13-15H2. The summed E-state index contributed by atoms with van der Waals surface area (Å²) in [6.45, 7) is 1.54. The van der Waals surface area contributed by atoms with E-state index >= 15 is 0 Å². The second-order valence-corrected chi connectivity index (χ2v) is 5.61. The maximum Gasteiger partial charge on any atom is 0.119 e. The van der Waals surface area contributed by atoms with E-state index in [-0.39, 0.29) is 6.10 Å². The van der Waals surface area contributed by atoms with Crippen LogP contribution in [0.25, 0.3) is 0 Å². The summed E-state index contributed by atoms with van der Waals surface area (Å²) in [6, 6.07) is 18.9. The lowest BCUT2D eigenvalue weighted by molar-refractivity contribution is -0.0110. The molecule has 0 bridgehead atoms. The molecule has 0 amide bonds. The summed E-state index contributed by atoms with van der Waals surface area (Å²) in [6.07, 6.45) is 4.79. The highest BCUT2D eigenvalue weighted by Crippen LogP contribution is 2.18. The Morgan fingerprint density at radius 3 is 2.38 bits per heavy atom. The summed E-state index contributed by atoms with van der Waals surface area (Å²) in [7, 11) is 0. The zero-order valence-corrected chi connectivity index (χ0v) is 12.3. The smallest absolute Gasteiger partial charge is 0.119 e. The first-order chi connectivity index (χ1) is 10.4. The molecule has 2 aromatic carbocycles. The molecule has 2 heteroatoms. The molecule has 1 saturated heterocycles. The molecule has 0 N–H and O–H groups in total. The maximum absolute atomic E-state index is 5.83. The van der Waals surface area contributed by atoms with Gasteiger partial charge in [0, 0.05) is 6.61 Å². The van der Waals surface area contributed by atoms with Crippen LogP contribution >= 0.6 is 0 Å². The zero-order valence-electron chi connectivity index (χ0n) is 12.3. The van der Waals surface area contributed by atoms with Gasteiger partial charge in [0.1, 0.15) is 12.4 Å². The Bertz CT molecular complexity index is 527. The summed E-state index contributed by atoms with van der Waals surface area (Å²) in [4.78, 5) is 0. The van der Waals surface area contributed by atoms with Gasteiger partial charge in [0.2, 0.25) is 0 Å². The fourth-order valence-electron chi connectivity index (χ4n) is 2.66. The molecule has 21 heavy (non-hydrogen) atoms. The third kappa shape index (κ3) is 4.33. The maximum atomic E-state index is 5.83. The van der Waals surface area contributed by atoms with Gasteiger partial charge in [0.25, 0.3) is 0 Å². The van der Waals surface area contributed by atoms with Gasteiger partial charge in [-0.1, -0.05) is 42.5 Å². The molecule has 1 heterocycles. The van der Waals surface area contributed by atoms with Crippen molar-refractivity contribution in [2.75, 3.05) is 13.2 Å². The summed E-state index contributed by atoms with van der Waals surface area (Å²) in [5.41, 5.74) is 2.64. The van der Waals surface area contributed by atoms with E-state index in [9.17, 15) is 0 Å². The minimum atomic E-state index is 0.266. The lowest BCUT2D eigenvalue weighted by atomic mass is 10.1. The normalized spacial score (nSPS) is 18.4. The average molecular weight is 282 g/mol. The van der Waals surface area contributed by atoms with Crippen molar-refractivity contribution in [2.45, 2.75) is 31.8 Å². The SMILES string of the molecule is c1ccc(Cc2ccc(OCC3CCCCO3)cc2)cc1. The molecule has 1 fully saturated rings. The van der Waals surface area contributed by atoms with Gasteiger partial charge in [-0.05, 0) is 48.9 Å².